The molecule has 0 bridgehead atoms. The Balaban J connectivity index is 1.89. The van der Waals surface area contributed by atoms with Crippen LogP contribution in [0.1, 0.15) is 11.1 Å². The summed E-state index contributed by atoms with van der Waals surface area (Å²) in [7, 11) is -3.77. The van der Waals surface area contributed by atoms with Crippen molar-refractivity contribution in [2.75, 3.05) is 11.4 Å². The number of fused-ring (bicyclic) bond motifs is 1. The smallest absolute Gasteiger partial charge is 0.387 e. The molecule has 1 aliphatic rings. The average molecular weight is 389 g/mol. The highest BCUT2D eigenvalue weighted by Crippen LogP contribution is 2.33. The summed E-state index contributed by atoms with van der Waals surface area (Å²) in [4.78, 5) is 2.00. The van der Waals surface area contributed by atoms with Crippen molar-refractivity contribution in [1.29, 1.82) is 0 Å². The number of hydrogen-bond acceptors (Lipinski definition) is 4. The number of rotatable bonds is 5. The summed E-state index contributed by atoms with van der Waals surface area (Å²) < 4.78 is 52.6. The summed E-state index contributed by atoms with van der Waals surface area (Å²) in [6.45, 7) is -2.00. The summed E-state index contributed by atoms with van der Waals surface area (Å²) in [6, 6.07) is 9.11. The molecular weight excluding hydrogens is 374 g/mol. The van der Waals surface area contributed by atoms with Gasteiger partial charge in [-0.05, 0) is 48.4 Å². The Hall–Kier alpha value is -1.90. The third-order valence-corrected chi connectivity index (χ3v) is 5.12. The van der Waals surface area contributed by atoms with Crippen LogP contribution >= 0.6 is 11.6 Å². The number of alkyl halides is 2. The molecule has 0 fully saturated rings. The normalized spacial score (nSPS) is 14.0. The Morgan fingerprint density at radius 3 is 2.68 bits per heavy atom. The average Bonchev–Trinajstić information content (AvgIpc) is 2.91. The zero-order valence-corrected chi connectivity index (χ0v) is 14.5. The number of anilines is 1. The second-order valence-electron chi connectivity index (χ2n) is 5.64. The first-order valence-corrected chi connectivity index (χ1v) is 9.30. The molecular formula is C16H15ClF2N2O3S. The summed E-state index contributed by atoms with van der Waals surface area (Å²) in [5.41, 5.74) is 2.19. The fourth-order valence-electron chi connectivity index (χ4n) is 2.88. The van der Waals surface area contributed by atoms with Crippen LogP contribution in [-0.4, -0.2) is 21.6 Å². The Labute approximate surface area is 149 Å². The van der Waals surface area contributed by atoms with E-state index >= 15 is 0 Å². The second kappa shape index (κ2) is 6.78. The van der Waals surface area contributed by atoms with Gasteiger partial charge in [-0.25, -0.2) is 13.6 Å². The molecule has 1 heterocycles. The van der Waals surface area contributed by atoms with Gasteiger partial charge in [-0.15, -0.1) is 0 Å². The van der Waals surface area contributed by atoms with Gasteiger partial charge in [-0.1, -0.05) is 11.6 Å². The minimum absolute atomic E-state index is 0.0533. The molecule has 2 N–H and O–H groups in total. The van der Waals surface area contributed by atoms with Crippen LogP contribution in [0.4, 0.5) is 14.5 Å². The van der Waals surface area contributed by atoms with Crippen LogP contribution in [-0.2, 0) is 23.0 Å². The van der Waals surface area contributed by atoms with E-state index < -0.39 is 16.6 Å². The molecule has 0 aromatic heterocycles. The molecule has 2 aromatic carbocycles. The maximum absolute atomic E-state index is 12.6. The first kappa shape index (κ1) is 17.9. The van der Waals surface area contributed by atoms with E-state index in [9.17, 15) is 17.2 Å². The zero-order chi connectivity index (χ0) is 18.2. The third kappa shape index (κ3) is 4.02. The van der Waals surface area contributed by atoms with Gasteiger partial charge in [-0.3, -0.25) is 0 Å². The summed E-state index contributed by atoms with van der Waals surface area (Å²) >= 11 is 5.97. The third-order valence-electron chi connectivity index (χ3n) is 3.97. The van der Waals surface area contributed by atoms with Crippen molar-refractivity contribution in [3.8, 4) is 5.75 Å². The fourth-order valence-corrected chi connectivity index (χ4v) is 3.63. The minimum Gasteiger partial charge on any atom is -0.434 e. The molecule has 1 aliphatic heterocycles. The Bertz CT molecular complexity index is 906. The number of halogens is 3. The molecule has 2 aromatic rings. The molecule has 0 saturated heterocycles. The van der Waals surface area contributed by atoms with Crippen molar-refractivity contribution < 1.29 is 21.9 Å². The zero-order valence-electron chi connectivity index (χ0n) is 13.0. The van der Waals surface area contributed by atoms with E-state index in [1.54, 1.807) is 18.2 Å². The molecule has 0 unspecified atom stereocenters. The van der Waals surface area contributed by atoms with Gasteiger partial charge >= 0.3 is 6.61 Å². The molecule has 0 spiro atoms. The summed E-state index contributed by atoms with van der Waals surface area (Å²) in [5.74, 6) is 0.0639. The lowest BCUT2D eigenvalue weighted by Crippen LogP contribution is -2.20. The summed E-state index contributed by atoms with van der Waals surface area (Å²) in [6.07, 6.45) is 0.629. The van der Waals surface area contributed by atoms with Gasteiger partial charge in [0.05, 0.1) is 4.90 Å². The highest BCUT2D eigenvalue weighted by molar-refractivity contribution is 7.89. The van der Waals surface area contributed by atoms with E-state index in [4.69, 9.17) is 16.7 Å². The molecule has 0 amide bonds. The Morgan fingerprint density at radius 2 is 2.00 bits per heavy atom. The Kier molecular flexibility index (Phi) is 4.86. The second-order valence-corrected chi connectivity index (χ2v) is 7.64. The van der Waals surface area contributed by atoms with Gasteiger partial charge in [0, 0.05) is 29.4 Å². The van der Waals surface area contributed by atoms with Crippen LogP contribution in [0.2, 0.25) is 5.02 Å². The number of nitrogens with two attached hydrogens (primary N) is 1. The van der Waals surface area contributed by atoms with Gasteiger partial charge < -0.3 is 9.64 Å². The molecule has 134 valence electrons. The van der Waals surface area contributed by atoms with Crippen LogP contribution in [0.5, 0.6) is 5.75 Å². The first-order chi connectivity index (χ1) is 11.7. The lowest BCUT2D eigenvalue weighted by molar-refractivity contribution is -0.0504. The molecule has 0 saturated carbocycles. The molecule has 5 nitrogen and oxygen atoms in total. The van der Waals surface area contributed by atoms with Crippen LogP contribution in [0.15, 0.2) is 41.3 Å². The van der Waals surface area contributed by atoms with Gasteiger partial charge in [0.25, 0.3) is 0 Å². The van der Waals surface area contributed by atoms with Crippen molar-refractivity contribution in [1.82, 2.24) is 0 Å². The predicted molar refractivity (Wildman–Crippen MR) is 90.7 cm³/mol. The number of nitrogens with zero attached hydrogens (tertiary/aromatic N) is 1. The van der Waals surface area contributed by atoms with E-state index in [0.29, 0.717) is 30.1 Å². The van der Waals surface area contributed by atoms with Gasteiger partial charge in [-0.2, -0.15) is 8.78 Å². The molecule has 0 atom stereocenters. The van der Waals surface area contributed by atoms with E-state index in [1.165, 1.54) is 18.2 Å². The molecule has 3 rings (SSSR count). The van der Waals surface area contributed by atoms with Gasteiger partial charge in [0.15, 0.2) is 0 Å². The molecule has 25 heavy (non-hydrogen) atoms. The van der Waals surface area contributed by atoms with Crippen molar-refractivity contribution >= 4 is 27.3 Å². The lowest BCUT2D eigenvalue weighted by atomic mass is 10.1. The minimum atomic E-state index is -3.77. The van der Waals surface area contributed by atoms with Crippen LogP contribution in [0.3, 0.4) is 0 Å². The standard InChI is InChI=1S/C16H15ClF2N2O3S/c17-12-1-4-15(24-16(18)19)11(7-12)9-21-6-5-10-8-13(25(20,22)23)2-3-14(10)21/h1-4,7-8,16H,5-6,9H2,(H2,20,22,23). The number of ether oxygens (including phenoxy) is 1. The maximum atomic E-state index is 12.6. The highest BCUT2D eigenvalue weighted by atomic mass is 35.5. The maximum Gasteiger partial charge on any atom is 0.387 e. The van der Waals surface area contributed by atoms with E-state index in [0.717, 1.165) is 11.3 Å². The van der Waals surface area contributed by atoms with Crippen LogP contribution in [0.25, 0.3) is 0 Å². The monoisotopic (exact) mass is 388 g/mol. The van der Waals surface area contributed by atoms with E-state index in [1.807, 2.05) is 4.90 Å². The van der Waals surface area contributed by atoms with Gasteiger partial charge in [0.1, 0.15) is 5.75 Å². The van der Waals surface area contributed by atoms with Crippen molar-refractivity contribution in [3.63, 3.8) is 0 Å². The molecule has 0 radical (unpaired) electrons. The molecule has 9 heteroatoms. The Morgan fingerprint density at radius 1 is 1.24 bits per heavy atom. The SMILES string of the molecule is NS(=O)(=O)c1ccc2c(c1)CCN2Cc1cc(Cl)ccc1OC(F)F. The topological polar surface area (TPSA) is 72.6 Å². The van der Waals surface area contributed by atoms with Crippen molar-refractivity contribution in [3.05, 3.63) is 52.5 Å². The number of benzene rings is 2. The van der Waals surface area contributed by atoms with E-state index in [2.05, 4.69) is 4.74 Å². The van der Waals surface area contributed by atoms with Crippen molar-refractivity contribution in [2.45, 2.75) is 24.5 Å². The van der Waals surface area contributed by atoms with E-state index in [-0.39, 0.29) is 10.6 Å². The van der Waals surface area contributed by atoms with Crippen molar-refractivity contribution in [2.24, 2.45) is 5.14 Å². The fraction of sp³-hybridized carbons (Fsp3) is 0.250. The number of primary sulfonamides is 1. The highest BCUT2D eigenvalue weighted by Gasteiger charge is 2.23. The first-order valence-electron chi connectivity index (χ1n) is 7.38. The largest absolute Gasteiger partial charge is 0.434 e. The lowest BCUT2D eigenvalue weighted by Gasteiger charge is -2.21. The predicted octanol–water partition coefficient (Wildman–Crippen LogP) is 3.15. The number of sulfonamides is 1. The van der Waals surface area contributed by atoms with Gasteiger partial charge in [0.2, 0.25) is 10.0 Å². The summed E-state index contributed by atoms with van der Waals surface area (Å²) in [5, 5.41) is 5.57. The van der Waals surface area contributed by atoms with Crippen LogP contribution < -0.4 is 14.8 Å². The number of hydrogen-bond donors (Lipinski definition) is 1. The quantitative estimate of drug-likeness (QED) is 0.854. The van der Waals surface area contributed by atoms with Crippen LogP contribution in [0, 0.1) is 0 Å². The molecule has 0 aliphatic carbocycles.